The number of aromatic hydroxyl groups is 1. The van der Waals surface area contributed by atoms with E-state index in [4.69, 9.17) is 28.4 Å². The van der Waals surface area contributed by atoms with Crippen LogP contribution in [0.3, 0.4) is 0 Å². The lowest BCUT2D eigenvalue weighted by Gasteiger charge is -2.42. The molecule has 0 unspecified atom stereocenters. The van der Waals surface area contributed by atoms with Gasteiger partial charge in [-0.15, -0.1) is 0 Å². The standard InChI is InChI=1S/C28H34O14/c1-11-21(31)23(33)25(35)27(39-11)38-10-19-22(32)24(34)26(36)28(42-19)41-18-8-13(29)7-17-20(18)15(30)9-16(40-17)12-3-5-14(37-2)6-4-12/h3-8,11,16,19,21-29,31-36H,9-10H2,1-2H3/t11-,16-,19+,21-,22+,23+,24-,25+,26+,27+,28+/m0/s1. The molecule has 42 heavy (non-hydrogen) atoms. The molecule has 0 spiro atoms. The number of carbonyl (C=O) groups is 1. The summed E-state index contributed by atoms with van der Waals surface area (Å²) in [5, 5.41) is 72.0. The quantitative estimate of drug-likeness (QED) is 0.208. The van der Waals surface area contributed by atoms with Gasteiger partial charge in [-0.25, -0.2) is 0 Å². The molecule has 5 rings (SSSR count). The largest absolute Gasteiger partial charge is 0.508 e. The summed E-state index contributed by atoms with van der Waals surface area (Å²) in [6.07, 6.45) is -15.7. The predicted octanol–water partition coefficient (Wildman–Crippen LogP) is -0.862. The zero-order chi connectivity index (χ0) is 30.3. The molecule has 3 heterocycles. The van der Waals surface area contributed by atoms with E-state index in [2.05, 4.69) is 0 Å². The Morgan fingerprint density at radius 3 is 2.21 bits per heavy atom. The third-order valence-corrected chi connectivity index (χ3v) is 7.60. The van der Waals surface area contributed by atoms with Gasteiger partial charge in [-0.05, 0) is 24.6 Å². The molecule has 230 valence electrons. The van der Waals surface area contributed by atoms with Crippen LogP contribution in [0.2, 0.25) is 0 Å². The number of fused-ring (bicyclic) bond motifs is 1. The van der Waals surface area contributed by atoms with Crippen molar-refractivity contribution in [2.75, 3.05) is 13.7 Å². The van der Waals surface area contributed by atoms with Crippen molar-refractivity contribution in [3.8, 4) is 23.0 Å². The molecule has 14 heteroatoms. The number of carbonyl (C=O) groups excluding carboxylic acids is 1. The van der Waals surface area contributed by atoms with Crippen LogP contribution >= 0.6 is 0 Å². The second kappa shape index (κ2) is 12.3. The molecular formula is C28H34O14. The molecule has 2 aromatic carbocycles. The molecule has 14 nitrogen and oxygen atoms in total. The topological polar surface area (TPSA) is 214 Å². The maximum atomic E-state index is 13.3. The molecule has 0 radical (unpaired) electrons. The second-order valence-corrected chi connectivity index (χ2v) is 10.5. The van der Waals surface area contributed by atoms with Gasteiger partial charge >= 0.3 is 0 Å². The Kier molecular flexibility index (Phi) is 8.89. The Bertz CT molecular complexity index is 1250. The van der Waals surface area contributed by atoms with Gasteiger partial charge in [0.15, 0.2) is 12.1 Å². The van der Waals surface area contributed by atoms with Crippen molar-refractivity contribution >= 4 is 5.78 Å². The fraction of sp³-hybridized carbons (Fsp3) is 0.536. The fourth-order valence-electron chi connectivity index (χ4n) is 5.12. The van der Waals surface area contributed by atoms with Gasteiger partial charge in [0.05, 0.1) is 26.2 Å². The highest BCUT2D eigenvalue weighted by molar-refractivity contribution is 6.02. The highest BCUT2D eigenvalue weighted by Crippen LogP contribution is 2.43. The molecule has 0 bridgehead atoms. The summed E-state index contributed by atoms with van der Waals surface area (Å²) in [7, 11) is 1.53. The first-order valence-corrected chi connectivity index (χ1v) is 13.4. The van der Waals surface area contributed by atoms with Gasteiger partial charge in [-0.1, -0.05) is 12.1 Å². The van der Waals surface area contributed by atoms with Gasteiger partial charge in [0.2, 0.25) is 6.29 Å². The molecule has 11 atom stereocenters. The summed E-state index contributed by atoms with van der Waals surface area (Å²) < 4.78 is 33.4. The van der Waals surface area contributed by atoms with Gasteiger partial charge in [-0.2, -0.15) is 0 Å². The summed E-state index contributed by atoms with van der Waals surface area (Å²) in [6, 6.07) is 9.35. The van der Waals surface area contributed by atoms with Crippen LogP contribution in [-0.4, -0.2) is 117 Å². The highest BCUT2D eigenvalue weighted by Gasteiger charge is 2.48. The van der Waals surface area contributed by atoms with E-state index in [0.717, 1.165) is 6.07 Å². The maximum Gasteiger partial charge on any atom is 0.229 e. The lowest BCUT2D eigenvalue weighted by molar-refractivity contribution is -0.318. The molecular weight excluding hydrogens is 560 g/mol. The van der Waals surface area contributed by atoms with Crippen LogP contribution < -0.4 is 14.2 Å². The Morgan fingerprint density at radius 1 is 0.857 bits per heavy atom. The number of hydrogen-bond donors (Lipinski definition) is 7. The summed E-state index contributed by atoms with van der Waals surface area (Å²) in [6.45, 7) is 0.970. The zero-order valence-corrected chi connectivity index (χ0v) is 22.7. The Balaban J connectivity index is 1.32. The van der Waals surface area contributed by atoms with E-state index in [1.165, 1.54) is 20.1 Å². The van der Waals surface area contributed by atoms with Gasteiger partial charge in [-0.3, -0.25) is 4.79 Å². The van der Waals surface area contributed by atoms with E-state index in [1.54, 1.807) is 24.3 Å². The number of phenols is 1. The molecule has 0 saturated carbocycles. The van der Waals surface area contributed by atoms with Crippen LogP contribution in [0.4, 0.5) is 0 Å². The Morgan fingerprint density at radius 2 is 1.52 bits per heavy atom. The van der Waals surface area contributed by atoms with Crippen LogP contribution in [0.25, 0.3) is 0 Å². The van der Waals surface area contributed by atoms with Crippen molar-refractivity contribution < 1.29 is 69.0 Å². The van der Waals surface area contributed by atoms with Crippen molar-refractivity contribution in [1.82, 2.24) is 0 Å². The monoisotopic (exact) mass is 594 g/mol. The number of aliphatic hydroxyl groups excluding tert-OH is 6. The van der Waals surface area contributed by atoms with Crippen molar-refractivity contribution in [3.05, 3.63) is 47.5 Å². The molecule has 2 saturated heterocycles. The Labute approximate surface area is 240 Å². The summed E-state index contributed by atoms with van der Waals surface area (Å²) in [4.78, 5) is 13.3. The van der Waals surface area contributed by atoms with Crippen LogP contribution in [0, 0.1) is 0 Å². The van der Waals surface area contributed by atoms with Gasteiger partial charge < -0.3 is 64.2 Å². The number of rotatable bonds is 7. The number of ether oxygens (including phenoxy) is 6. The minimum atomic E-state index is -1.78. The predicted molar refractivity (Wildman–Crippen MR) is 139 cm³/mol. The minimum Gasteiger partial charge on any atom is -0.508 e. The van der Waals surface area contributed by atoms with E-state index in [1.807, 2.05) is 0 Å². The number of aliphatic hydroxyl groups is 6. The van der Waals surface area contributed by atoms with Gasteiger partial charge in [0.1, 0.15) is 77.4 Å². The smallest absolute Gasteiger partial charge is 0.229 e. The van der Waals surface area contributed by atoms with Crippen LogP contribution in [0.15, 0.2) is 36.4 Å². The molecule has 0 amide bonds. The molecule has 7 N–H and O–H groups in total. The van der Waals surface area contributed by atoms with Crippen molar-refractivity contribution in [1.29, 1.82) is 0 Å². The summed E-state index contributed by atoms with van der Waals surface area (Å²) in [5.41, 5.74) is 0.692. The number of Topliss-reactive ketones (excluding diaryl/α,β-unsaturated/α-hetero) is 1. The normalized spacial score (nSPS) is 36.6. The van der Waals surface area contributed by atoms with Crippen LogP contribution in [0.1, 0.15) is 35.4 Å². The Hall–Kier alpha value is -3.05. The molecule has 0 aliphatic carbocycles. The van der Waals surface area contributed by atoms with Crippen molar-refractivity contribution in [2.24, 2.45) is 0 Å². The summed E-state index contributed by atoms with van der Waals surface area (Å²) in [5.74, 6) is -0.212. The first-order valence-electron chi connectivity index (χ1n) is 13.4. The number of ketones is 1. The van der Waals surface area contributed by atoms with Crippen LogP contribution in [-0.2, 0) is 14.2 Å². The van der Waals surface area contributed by atoms with Crippen LogP contribution in [0.5, 0.6) is 23.0 Å². The molecule has 3 aliphatic heterocycles. The molecule has 2 aromatic rings. The van der Waals surface area contributed by atoms with E-state index in [-0.39, 0.29) is 35.0 Å². The lowest BCUT2D eigenvalue weighted by Crippen LogP contribution is -2.61. The second-order valence-electron chi connectivity index (χ2n) is 10.5. The highest BCUT2D eigenvalue weighted by atomic mass is 16.7. The van der Waals surface area contributed by atoms with E-state index in [9.17, 15) is 40.5 Å². The van der Waals surface area contributed by atoms with Crippen molar-refractivity contribution in [2.45, 2.75) is 80.9 Å². The first kappa shape index (κ1) is 30.4. The maximum absolute atomic E-state index is 13.3. The average molecular weight is 595 g/mol. The van der Waals surface area contributed by atoms with E-state index >= 15 is 0 Å². The van der Waals surface area contributed by atoms with Gasteiger partial charge in [0, 0.05) is 12.1 Å². The minimum absolute atomic E-state index is 0.0120. The number of methoxy groups -OCH3 is 1. The number of phenolic OH excluding ortho intramolecular Hbond substituents is 1. The number of benzene rings is 2. The van der Waals surface area contributed by atoms with E-state index < -0.39 is 74.1 Å². The zero-order valence-electron chi connectivity index (χ0n) is 22.7. The molecule has 2 fully saturated rings. The summed E-state index contributed by atoms with van der Waals surface area (Å²) >= 11 is 0. The molecule has 3 aliphatic rings. The first-order chi connectivity index (χ1) is 20.0. The lowest BCUT2D eigenvalue weighted by atomic mass is 9.95. The number of hydrogen-bond acceptors (Lipinski definition) is 14. The third-order valence-electron chi connectivity index (χ3n) is 7.60. The fourth-order valence-corrected chi connectivity index (χ4v) is 5.12. The molecule has 0 aromatic heterocycles. The van der Waals surface area contributed by atoms with E-state index in [0.29, 0.717) is 11.3 Å². The average Bonchev–Trinajstić information content (AvgIpc) is 2.97. The SMILES string of the molecule is COc1ccc([C@@H]2CC(=O)c3c(O[C@@H]4O[C@H](CO[C@@H]5O[C@@H](C)[C@H](O)[C@@H](O)[C@H]5O)[C@@H](O)[C@H](O)[C@H]4O)cc(O)cc3O2)cc1. The van der Waals surface area contributed by atoms with Crippen molar-refractivity contribution in [3.63, 3.8) is 0 Å². The van der Waals surface area contributed by atoms with Gasteiger partial charge in [0.25, 0.3) is 0 Å². The third kappa shape index (κ3) is 5.90.